The summed E-state index contributed by atoms with van der Waals surface area (Å²) in [5.74, 6) is -0.831. The number of anilines is 1. The largest absolute Gasteiger partial charge is 0.479 e. The second-order valence-electron chi connectivity index (χ2n) is 2.61. The SMILES string of the molecule is Cn1ccc(NC(=O)NOCC(=O)O)n1. The highest BCUT2D eigenvalue weighted by Crippen LogP contribution is 1.99. The summed E-state index contributed by atoms with van der Waals surface area (Å²) in [5, 5.41) is 14.4. The molecule has 1 aromatic heterocycles. The number of aromatic nitrogens is 2. The van der Waals surface area contributed by atoms with E-state index in [1.54, 1.807) is 19.3 Å². The van der Waals surface area contributed by atoms with Gasteiger partial charge in [0.05, 0.1) is 0 Å². The Morgan fingerprint density at radius 1 is 1.67 bits per heavy atom. The second-order valence-corrected chi connectivity index (χ2v) is 2.61. The first-order valence-corrected chi connectivity index (χ1v) is 3.98. The molecule has 15 heavy (non-hydrogen) atoms. The molecule has 3 N–H and O–H groups in total. The smallest absolute Gasteiger partial charge is 0.344 e. The number of carbonyl (C=O) groups is 2. The maximum absolute atomic E-state index is 11.0. The number of rotatable bonds is 4. The molecular weight excluding hydrogens is 204 g/mol. The van der Waals surface area contributed by atoms with Gasteiger partial charge in [-0.1, -0.05) is 0 Å². The number of hydroxylamine groups is 1. The highest BCUT2D eigenvalue weighted by Gasteiger charge is 2.04. The summed E-state index contributed by atoms with van der Waals surface area (Å²) >= 11 is 0. The van der Waals surface area contributed by atoms with E-state index in [0.717, 1.165) is 0 Å². The van der Waals surface area contributed by atoms with E-state index in [1.165, 1.54) is 4.68 Å². The van der Waals surface area contributed by atoms with E-state index < -0.39 is 18.6 Å². The fraction of sp³-hybridized carbons (Fsp3) is 0.286. The van der Waals surface area contributed by atoms with Crippen molar-refractivity contribution >= 4 is 17.8 Å². The van der Waals surface area contributed by atoms with Crippen LogP contribution in [0.3, 0.4) is 0 Å². The Labute approximate surface area is 84.8 Å². The average Bonchev–Trinajstić information content (AvgIpc) is 2.50. The Kier molecular flexibility index (Phi) is 3.63. The third-order valence-corrected chi connectivity index (χ3v) is 1.32. The predicted octanol–water partition coefficient (Wildman–Crippen LogP) is -0.442. The fourth-order valence-electron chi connectivity index (χ4n) is 0.787. The van der Waals surface area contributed by atoms with Gasteiger partial charge in [0.15, 0.2) is 12.4 Å². The normalized spacial score (nSPS) is 9.67. The summed E-state index contributed by atoms with van der Waals surface area (Å²) in [6, 6.07) is 0.895. The molecule has 2 amide bonds. The zero-order valence-corrected chi connectivity index (χ0v) is 7.93. The van der Waals surface area contributed by atoms with Crippen molar-refractivity contribution in [3.8, 4) is 0 Å². The topological polar surface area (TPSA) is 105 Å². The highest BCUT2D eigenvalue weighted by atomic mass is 16.7. The number of carboxylic acid groups (broad SMARTS) is 1. The number of amides is 2. The monoisotopic (exact) mass is 214 g/mol. The van der Waals surface area contributed by atoms with E-state index in [1.807, 2.05) is 5.48 Å². The van der Waals surface area contributed by atoms with Gasteiger partial charge in [-0.3, -0.25) is 14.8 Å². The Hall–Kier alpha value is -2.09. The number of carbonyl (C=O) groups excluding carboxylic acids is 1. The molecule has 0 saturated carbocycles. The van der Waals surface area contributed by atoms with Gasteiger partial charge >= 0.3 is 12.0 Å². The minimum Gasteiger partial charge on any atom is -0.479 e. The molecule has 0 aliphatic rings. The number of nitrogens with zero attached hydrogens (tertiary/aromatic N) is 2. The van der Waals surface area contributed by atoms with Crippen molar-refractivity contribution in [1.82, 2.24) is 15.3 Å². The quantitative estimate of drug-likeness (QED) is 0.589. The van der Waals surface area contributed by atoms with Crippen molar-refractivity contribution in [2.45, 2.75) is 0 Å². The van der Waals surface area contributed by atoms with Gasteiger partial charge in [0.25, 0.3) is 0 Å². The summed E-state index contributed by atoms with van der Waals surface area (Å²) in [6.07, 6.45) is 1.65. The van der Waals surface area contributed by atoms with Crippen LogP contribution >= 0.6 is 0 Å². The molecule has 8 nitrogen and oxygen atoms in total. The first-order valence-electron chi connectivity index (χ1n) is 3.98. The lowest BCUT2D eigenvalue weighted by Crippen LogP contribution is -2.31. The van der Waals surface area contributed by atoms with Gasteiger partial charge in [-0.2, -0.15) is 5.10 Å². The van der Waals surface area contributed by atoms with Crippen LogP contribution in [-0.4, -0.2) is 33.5 Å². The number of aryl methyl sites for hydroxylation is 1. The van der Waals surface area contributed by atoms with E-state index in [4.69, 9.17) is 5.11 Å². The molecule has 8 heteroatoms. The molecule has 0 saturated heterocycles. The molecular formula is C7H10N4O4. The molecule has 1 rings (SSSR count). The Bertz CT molecular complexity index is 362. The van der Waals surface area contributed by atoms with Crippen LogP contribution in [0.15, 0.2) is 12.3 Å². The van der Waals surface area contributed by atoms with Crippen LogP contribution in [0.1, 0.15) is 0 Å². The van der Waals surface area contributed by atoms with Gasteiger partial charge in [-0.05, 0) is 0 Å². The van der Waals surface area contributed by atoms with Gasteiger partial charge < -0.3 is 5.11 Å². The van der Waals surface area contributed by atoms with E-state index in [9.17, 15) is 9.59 Å². The van der Waals surface area contributed by atoms with Crippen molar-refractivity contribution in [2.75, 3.05) is 11.9 Å². The van der Waals surface area contributed by atoms with E-state index in [-0.39, 0.29) is 0 Å². The number of nitrogens with one attached hydrogen (secondary N) is 2. The van der Waals surface area contributed by atoms with E-state index in [2.05, 4.69) is 15.3 Å². The van der Waals surface area contributed by atoms with Crippen LogP contribution in [-0.2, 0) is 16.7 Å². The van der Waals surface area contributed by atoms with Crippen molar-refractivity contribution in [2.24, 2.45) is 7.05 Å². The zero-order chi connectivity index (χ0) is 11.3. The van der Waals surface area contributed by atoms with Crippen LogP contribution in [0.2, 0.25) is 0 Å². The lowest BCUT2D eigenvalue weighted by atomic mass is 10.6. The zero-order valence-electron chi connectivity index (χ0n) is 7.93. The third kappa shape index (κ3) is 4.09. The summed E-state index contributed by atoms with van der Waals surface area (Å²) in [7, 11) is 1.70. The third-order valence-electron chi connectivity index (χ3n) is 1.32. The highest BCUT2D eigenvalue weighted by molar-refractivity contribution is 5.87. The number of aliphatic carboxylic acids is 1. The van der Waals surface area contributed by atoms with Crippen LogP contribution in [0.25, 0.3) is 0 Å². The van der Waals surface area contributed by atoms with Crippen LogP contribution < -0.4 is 10.8 Å². The molecule has 0 spiro atoms. The first kappa shape index (κ1) is 11.0. The molecule has 1 heterocycles. The van der Waals surface area contributed by atoms with Gasteiger partial charge in [-0.15, -0.1) is 0 Å². The number of hydrogen-bond acceptors (Lipinski definition) is 4. The van der Waals surface area contributed by atoms with Gasteiger partial charge in [0.1, 0.15) is 0 Å². The van der Waals surface area contributed by atoms with Crippen molar-refractivity contribution < 1.29 is 19.5 Å². The van der Waals surface area contributed by atoms with Crippen molar-refractivity contribution in [3.05, 3.63) is 12.3 Å². The molecule has 0 aromatic carbocycles. The summed E-state index contributed by atoms with van der Waals surface area (Å²) < 4.78 is 1.51. The average molecular weight is 214 g/mol. The van der Waals surface area contributed by atoms with E-state index in [0.29, 0.717) is 5.82 Å². The standard InChI is InChI=1S/C7H10N4O4/c1-11-3-2-5(9-11)8-7(14)10-15-4-6(12)13/h2-3H,4H2,1H3,(H,12,13)(H2,8,9,10,14). The van der Waals surface area contributed by atoms with Gasteiger partial charge in [0.2, 0.25) is 0 Å². The number of urea groups is 1. The van der Waals surface area contributed by atoms with Crippen LogP contribution in [0.4, 0.5) is 10.6 Å². The molecule has 0 unspecified atom stereocenters. The first-order chi connectivity index (χ1) is 7.08. The summed E-state index contributed by atoms with van der Waals surface area (Å²) in [5.41, 5.74) is 1.89. The van der Waals surface area contributed by atoms with Gasteiger partial charge in [0, 0.05) is 19.3 Å². The molecule has 0 bridgehead atoms. The maximum atomic E-state index is 11.0. The second kappa shape index (κ2) is 4.96. The molecule has 0 aliphatic heterocycles. The molecule has 0 fully saturated rings. The fourth-order valence-corrected chi connectivity index (χ4v) is 0.787. The summed E-state index contributed by atoms with van der Waals surface area (Å²) in [6.45, 7) is -0.602. The molecule has 0 aliphatic carbocycles. The molecule has 0 atom stereocenters. The molecule has 82 valence electrons. The minimum absolute atomic E-state index is 0.342. The molecule has 1 aromatic rings. The summed E-state index contributed by atoms with van der Waals surface area (Å²) in [4.78, 5) is 25.4. The predicted molar refractivity (Wildman–Crippen MR) is 49.0 cm³/mol. The van der Waals surface area contributed by atoms with Crippen LogP contribution in [0, 0.1) is 0 Å². The Morgan fingerprint density at radius 2 is 2.40 bits per heavy atom. The van der Waals surface area contributed by atoms with Crippen molar-refractivity contribution in [3.63, 3.8) is 0 Å². The lowest BCUT2D eigenvalue weighted by Gasteiger charge is -2.03. The van der Waals surface area contributed by atoms with Gasteiger partial charge in [-0.25, -0.2) is 15.1 Å². The minimum atomic E-state index is -1.17. The maximum Gasteiger partial charge on any atom is 0.344 e. The van der Waals surface area contributed by atoms with E-state index >= 15 is 0 Å². The molecule has 0 radical (unpaired) electrons. The lowest BCUT2D eigenvalue weighted by molar-refractivity contribution is -0.143. The Morgan fingerprint density at radius 3 is 2.93 bits per heavy atom. The number of carboxylic acids is 1. The number of hydrogen-bond donors (Lipinski definition) is 3. The van der Waals surface area contributed by atoms with Crippen LogP contribution in [0.5, 0.6) is 0 Å². The van der Waals surface area contributed by atoms with Crippen molar-refractivity contribution in [1.29, 1.82) is 0 Å². The Balaban J connectivity index is 2.27.